The molecule has 1 N–H and O–H groups in total. The highest BCUT2D eigenvalue weighted by Gasteiger charge is 2.31. The Morgan fingerprint density at radius 2 is 2.17 bits per heavy atom. The topological polar surface area (TPSA) is 49.4 Å². The molecule has 2 rings (SSSR count). The zero-order valence-corrected chi connectivity index (χ0v) is 11.1. The molecule has 0 bridgehead atoms. The number of hydrogen-bond donors (Lipinski definition) is 1. The van der Waals surface area contributed by atoms with E-state index in [9.17, 15) is 9.59 Å². The Labute approximate surface area is 111 Å². The molecule has 1 heterocycles. The number of amides is 2. The largest absolute Gasteiger partial charge is 0.345 e. The van der Waals surface area contributed by atoms with Crippen LogP contribution in [0.3, 0.4) is 0 Å². The summed E-state index contributed by atoms with van der Waals surface area (Å²) in [4.78, 5) is 24.9. The molecular formula is C13H15ClN2O2. The predicted octanol–water partition coefficient (Wildman–Crippen LogP) is 1.50. The zero-order valence-electron chi connectivity index (χ0n) is 10.4. The first-order valence-electron chi connectivity index (χ1n) is 5.81. The SMILES string of the molecule is Cc1ccc(CN2C(=O)CNC(=O)C2C)c(Cl)c1. The van der Waals surface area contributed by atoms with Crippen LogP contribution in [0.4, 0.5) is 0 Å². The number of hydrogen-bond acceptors (Lipinski definition) is 2. The monoisotopic (exact) mass is 266 g/mol. The maximum absolute atomic E-state index is 11.8. The average molecular weight is 267 g/mol. The van der Waals surface area contributed by atoms with Crippen LogP contribution in [0.2, 0.25) is 5.02 Å². The Balaban J connectivity index is 2.21. The lowest BCUT2D eigenvalue weighted by Crippen LogP contribution is -2.56. The summed E-state index contributed by atoms with van der Waals surface area (Å²) in [5, 5.41) is 3.18. The van der Waals surface area contributed by atoms with Crippen LogP contribution in [0.1, 0.15) is 18.1 Å². The van der Waals surface area contributed by atoms with Crippen molar-refractivity contribution in [3.8, 4) is 0 Å². The number of halogens is 1. The van der Waals surface area contributed by atoms with Crippen LogP contribution in [-0.4, -0.2) is 29.3 Å². The van der Waals surface area contributed by atoms with Crippen molar-refractivity contribution in [3.63, 3.8) is 0 Å². The molecule has 5 heteroatoms. The quantitative estimate of drug-likeness (QED) is 0.882. The van der Waals surface area contributed by atoms with E-state index in [0.29, 0.717) is 11.6 Å². The fraction of sp³-hybridized carbons (Fsp3) is 0.385. The van der Waals surface area contributed by atoms with Gasteiger partial charge in [-0.2, -0.15) is 0 Å². The van der Waals surface area contributed by atoms with E-state index in [0.717, 1.165) is 11.1 Å². The van der Waals surface area contributed by atoms with Gasteiger partial charge >= 0.3 is 0 Å². The fourth-order valence-corrected chi connectivity index (χ4v) is 2.25. The third kappa shape index (κ3) is 2.48. The molecule has 0 aliphatic carbocycles. The lowest BCUT2D eigenvalue weighted by molar-refractivity contribution is -0.145. The van der Waals surface area contributed by atoms with Crippen LogP contribution in [-0.2, 0) is 16.1 Å². The van der Waals surface area contributed by atoms with Gasteiger partial charge in [0.25, 0.3) is 0 Å². The molecule has 1 fully saturated rings. The number of nitrogens with one attached hydrogen (secondary N) is 1. The molecule has 1 atom stereocenters. The van der Waals surface area contributed by atoms with E-state index in [2.05, 4.69) is 5.32 Å². The summed E-state index contributed by atoms with van der Waals surface area (Å²) >= 11 is 6.14. The second-order valence-electron chi connectivity index (χ2n) is 4.51. The Hall–Kier alpha value is -1.55. The number of carbonyl (C=O) groups is 2. The first-order valence-corrected chi connectivity index (χ1v) is 6.19. The van der Waals surface area contributed by atoms with Crippen LogP contribution >= 0.6 is 11.6 Å². The van der Waals surface area contributed by atoms with Gasteiger partial charge < -0.3 is 10.2 Å². The molecule has 1 aliphatic rings. The van der Waals surface area contributed by atoms with Crippen molar-refractivity contribution < 1.29 is 9.59 Å². The van der Waals surface area contributed by atoms with Crippen molar-refractivity contribution in [2.24, 2.45) is 0 Å². The number of benzene rings is 1. The summed E-state index contributed by atoms with van der Waals surface area (Å²) in [6.07, 6.45) is 0. The Morgan fingerprint density at radius 1 is 1.44 bits per heavy atom. The highest BCUT2D eigenvalue weighted by Crippen LogP contribution is 2.21. The lowest BCUT2D eigenvalue weighted by Gasteiger charge is -2.33. The molecule has 0 radical (unpaired) electrons. The van der Waals surface area contributed by atoms with Gasteiger partial charge in [0.2, 0.25) is 11.8 Å². The minimum absolute atomic E-state index is 0.0622. The smallest absolute Gasteiger partial charge is 0.242 e. The number of aryl methyl sites for hydroxylation is 1. The van der Waals surface area contributed by atoms with Crippen LogP contribution in [0.25, 0.3) is 0 Å². The summed E-state index contributed by atoms with van der Waals surface area (Å²) in [5.74, 6) is -0.212. The van der Waals surface area contributed by atoms with Gasteiger partial charge in [-0.1, -0.05) is 23.7 Å². The minimum atomic E-state index is -0.455. The molecular weight excluding hydrogens is 252 g/mol. The second kappa shape index (κ2) is 4.98. The highest BCUT2D eigenvalue weighted by molar-refractivity contribution is 6.31. The summed E-state index contributed by atoms with van der Waals surface area (Å²) in [5.41, 5.74) is 1.93. The van der Waals surface area contributed by atoms with E-state index < -0.39 is 6.04 Å². The molecule has 1 aliphatic heterocycles. The van der Waals surface area contributed by atoms with Crippen LogP contribution in [0.5, 0.6) is 0 Å². The van der Waals surface area contributed by atoms with Crippen molar-refractivity contribution in [1.29, 1.82) is 0 Å². The second-order valence-corrected chi connectivity index (χ2v) is 4.92. The van der Waals surface area contributed by atoms with Gasteiger partial charge in [0, 0.05) is 11.6 Å². The van der Waals surface area contributed by atoms with Crippen molar-refractivity contribution in [1.82, 2.24) is 10.2 Å². The number of carbonyl (C=O) groups excluding carboxylic acids is 2. The molecule has 1 unspecified atom stereocenters. The summed E-state index contributed by atoms with van der Waals surface area (Å²) in [6.45, 7) is 4.10. The van der Waals surface area contributed by atoms with Crippen LogP contribution < -0.4 is 5.32 Å². The highest BCUT2D eigenvalue weighted by atomic mass is 35.5. The van der Waals surface area contributed by atoms with Gasteiger partial charge in [-0.3, -0.25) is 9.59 Å². The third-order valence-electron chi connectivity index (χ3n) is 3.13. The van der Waals surface area contributed by atoms with E-state index in [-0.39, 0.29) is 18.4 Å². The lowest BCUT2D eigenvalue weighted by atomic mass is 10.1. The van der Waals surface area contributed by atoms with Crippen molar-refractivity contribution in [3.05, 3.63) is 34.3 Å². The first kappa shape index (κ1) is 12.9. The number of piperazine rings is 1. The molecule has 1 saturated heterocycles. The molecule has 2 amide bonds. The van der Waals surface area contributed by atoms with Gasteiger partial charge in [0.1, 0.15) is 6.04 Å². The molecule has 0 spiro atoms. The van der Waals surface area contributed by atoms with E-state index in [1.54, 1.807) is 11.8 Å². The van der Waals surface area contributed by atoms with E-state index in [1.165, 1.54) is 0 Å². The first-order chi connectivity index (χ1) is 8.49. The maximum Gasteiger partial charge on any atom is 0.242 e. The van der Waals surface area contributed by atoms with Gasteiger partial charge in [-0.05, 0) is 31.0 Å². The Kier molecular flexibility index (Phi) is 3.57. The summed E-state index contributed by atoms with van der Waals surface area (Å²) in [7, 11) is 0. The molecule has 0 saturated carbocycles. The fourth-order valence-electron chi connectivity index (χ4n) is 1.96. The van der Waals surface area contributed by atoms with Gasteiger partial charge in [0.05, 0.1) is 6.54 Å². The van der Waals surface area contributed by atoms with Crippen molar-refractivity contribution >= 4 is 23.4 Å². The number of rotatable bonds is 2. The zero-order chi connectivity index (χ0) is 13.3. The van der Waals surface area contributed by atoms with E-state index in [1.807, 2.05) is 25.1 Å². The Morgan fingerprint density at radius 3 is 2.83 bits per heavy atom. The average Bonchev–Trinajstić information content (AvgIpc) is 2.32. The number of nitrogens with zero attached hydrogens (tertiary/aromatic N) is 1. The van der Waals surface area contributed by atoms with E-state index >= 15 is 0 Å². The molecule has 18 heavy (non-hydrogen) atoms. The van der Waals surface area contributed by atoms with Crippen molar-refractivity contribution in [2.45, 2.75) is 26.4 Å². The molecule has 1 aromatic rings. The Bertz CT molecular complexity index is 502. The molecule has 0 aromatic heterocycles. The standard InChI is InChI=1S/C13H15ClN2O2/c1-8-3-4-10(11(14)5-8)7-16-9(2)13(18)15-6-12(16)17/h3-5,9H,6-7H2,1-2H3,(H,15,18). The van der Waals surface area contributed by atoms with Gasteiger partial charge in [0.15, 0.2) is 0 Å². The van der Waals surface area contributed by atoms with Crippen molar-refractivity contribution in [2.75, 3.05) is 6.54 Å². The summed E-state index contributed by atoms with van der Waals surface area (Å²) < 4.78 is 0. The van der Waals surface area contributed by atoms with Crippen LogP contribution in [0.15, 0.2) is 18.2 Å². The van der Waals surface area contributed by atoms with E-state index in [4.69, 9.17) is 11.6 Å². The minimum Gasteiger partial charge on any atom is -0.345 e. The predicted molar refractivity (Wildman–Crippen MR) is 69.2 cm³/mol. The van der Waals surface area contributed by atoms with Gasteiger partial charge in [-0.15, -0.1) is 0 Å². The molecule has 96 valence electrons. The third-order valence-corrected chi connectivity index (χ3v) is 3.48. The summed E-state index contributed by atoms with van der Waals surface area (Å²) in [6, 6.07) is 5.24. The maximum atomic E-state index is 11.8. The van der Waals surface area contributed by atoms with Gasteiger partial charge in [-0.25, -0.2) is 0 Å². The normalized spacial score (nSPS) is 19.9. The molecule has 4 nitrogen and oxygen atoms in total. The molecule has 1 aromatic carbocycles. The van der Waals surface area contributed by atoms with Crippen LogP contribution in [0, 0.1) is 6.92 Å².